The molecule has 0 aliphatic heterocycles. The van der Waals surface area contributed by atoms with Crippen LogP contribution in [0.1, 0.15) is 0 Å². The van der Waals surface area contributed by atoms with Crippen LogP contribution in [0, 0.1) is 0 Å². The minimum absolute atomic E-state index is 0.394. The molecule has 0 radical (unpaired) electrons. The minimum Gasteiger partial charge on any atom is -0.409 e. The summed E-state index contributed by atoms with van der Waals surface area (Å²) in [5.74, 6) is 0.488. The van der Waals surface area contributed by atoms with Crippen LogP contribution in [0.3, 0.4) is 0 Å². The van der Waals surface area contributed by atoms with Crippen molar-refractivity contribution in [2.24, 2.45) is 5.73 Å². The maximum atomic E-state index is 11.1. The van der Waals surface area contributed by atoms with Crippen LogP contribution < -0.4 is 15.8 Å². The lowest BCUT2D eigenvalue weighted by Crippen LogP contribution is -2.31. The van der Waals surface area contributed by atoms with E-state index in [-0.39, 0.29) is 0 Å². The summed E-state index contributed by atoms with van der Waals surface area (Å²) in [6, 6.07) is 7.13. The van der Waals surface area contributed by atoms with E-state index in [0.29, 0.717) is 18.8 Å². The smallest absolute Gasteiger partial charge is 0.409 e. The fourth-order valence-corrected chi connectivity index (χ4v) is 1.20. The van der Waals surface area contributed by atoms with E-state index < -0.39 is 6.09 Å². The number of rotatable bonds is 3. The van der Waals surface area contributed by atoms with Gasteiger partial charge in [0.1, 0.15) is 5.75 Å². The highest BCUT2D eigenvalue weighted by molar-refractivity contribution is 9.10. The van der Waals surface area contributed by atoms with Gasteiger partial charge in [-0.3, -0.25) is 0 Å². The molecule has 3 N–H and O–H groups in total. The van der Waals surface area contributed by atoms with Crippen molar-refractivity contribution in [3.63, 3.8) is 0 Å². The summed E-state index contributed by atoms with van der Waals surface area (Å²) in [5, 5.41) is 2.50. The molecule has 0 aliphatic carbocycles. The molecule has 0 spiro atoms. The third-order valence-electron chi connectivity index (χ3n) is 1.45. The van der Waals surface area contributed by atoms with E-state index in [4.69, 9.17) is 10.5 Å². The fourth-order valence-electron chi connectivity index (χ4n) is 0.838. The average molecular weight is 259 g/mol. The molecule has 0 unspecified atom stereocenters. The predicted molar refractivity (Wildman–Crippen MR) is 57.2 cm³/mol. The lowest BCUT2D eigenvalue weighted by atomic mass is 10.3. The first-order chi connectivity index (χ1) is 6.74. The summed E-state index contributed by atoms with van der Waals surface area (Å²) in [6.45, 7) is 0.800. The van der Waals surface area contributed by atoms with Crippen LogP contribution in [0.4, 0.5) is 4.79 Å². The number of hydrogen-bond acceptors (Lipinski definition) is 3. The molecule has 1 aromatic rings. The zero-order valence-electron chi connectivity index (χ0n) is 7.50. The third-order valence-corrected chi connectivity index (χ3v) is 2.11. The molecule has 4 nitrogen and oxygen atoms in total. The van der Waals surface area contributed by atoms with Crippen LogP contribution in [-0.2, 0) is 0 Å². The van der Waals surface area contributed by atoms with Gasteiger partial charge in [0.2, 0.25) is 0 Å². The second kappa shape index (κ2) is 5.62. The lowest BCUT2D eigenvalue weighted by molar-refractivity contribution is 0.200. The van der Waals surface area contributed by atoms with E-state index in [2.05, 4.69) is 21.2 Å². The van der Waals surface area contributed by atoms with Crippen molar-refractivity contribution >= 4 is 22.0 Å². The van der Waals surface area contributed by atoms with Gasteiger partial charge in [0.15, 0.2) is 0 Å². The standard InChI is InChI=1S/C9H11BrN2O2/c10-7-3-1-2-4-8(7)14-9(13)12-6-5-11/h1-4H,5-6,11H2,(H,12,13). The van der Waals surface area contributed by atoms with Crippen molar-refractivity contribution in [1.82, 2.24) is 5.32 Å². The number of nitrogens with two attached hydrogens (primary N) is 1. The van der Waals surface area contributed by atoms with Crippen molar-refractivity contribution < 1.29 is 9.53 Å². The van der Waals surface area contributed by atoms with Gasteiger partial charge in [0.05, 0.1) is 4.47 Å². The molecule has 0 heterocycles. The van der Waals surface area contributed by atoms with Crippen LogP contribution in [0.5, 0.6) is 5.75 Å². The Labute approximate surface area is 90.6 Å². The predicted octanol–water partition coefficient (Wildman–Crippen LogP) is 1.50. The van der Waals surface area contributed by atoms with Gasteiger partial charge in [-0.25, -0.2) is 4.79 Å². The number of carbonyl (C=O) groups excluding carboxylic acids is 1. The molecule has 0 aromatic heterocycles. The molecule has 0 saturated carbocycles. The quantitative estimate of drug-likeness (QED) is 0.864. The van der Waals surface area contributed by atoms with Crippen molar-refractivity contribution in [2.45, 2.75) is 0 Å². The number of amides is 1. The Morgan fingerprint density at radius 1 is 1.50 bits per heavy atom. The van der Waals surface area contributed by atoms with Crippen molar-refractivity contribution in [1.29, 1.82) is 0 Å². The highest BCUT2D eigenvalue weighted by Crippen LogP contribution is 2.23. The van der Waals surface area contributed by atoms with Crippen molar-refractivity contribution in [2.75, 3.05) is 13.1 Å². The molecule has 5 heteroatoms. The number of halogens is 1. The van der Waals surface area contributed by atoms with Crippen LogP contribution in [0.2, 0.25) is 0 Å². The molecule has 0 fully saturated rings. The second-order valence-corrected chi connectivity index (χ2v) is 3.39. The van der Waals surface area contributed by atoms with Crippen molar-refractivity contribution in [3.8, 4) is 5.75 Å². The van der Waals surface area contributed by atoms with E-state index in [1.54, 1.807) is 18.2 Å². The van der Waals surface area contributed by atoms with E-state index in [0.717, 1.165) is 4.47 Å². The average Bonchev–Trinajstić information content (AvgIpc) is 2.18. The molecular formula is C9H11BrN2O2. The Morgan fingerprint density at radius 3 is 2.86 bits per heavy atom. The first kappa shape index (κ1) is 11.0. The van der Waals surface area contributed by atoms with Crippen LogP contribution in [0.15, 0.2) is 28.7 Å². The highest BCUT2D eigenvalue weighted by atomic mass is 79.9. The normalized spacial score (nSPS) is 9.57. The summed E-state index contributed by atoms with van der Waals surface area (Å²) in [7, 11) is 0. The number of benzene rings is 1. The zero-order chi connectivity index (χ0) is 10.4. The second-order valence-electron chi connectivity index (χ2n) is 2.54. The van der Waals surface area contributed by atoms with Crippen LogP contribution in [-0.4, -0.2) is 19.2 Å². The number of para-hydroxylation sites is 1. The highest BCUT2D eigenvalue weighted by Gasteiger charge is 2.05. The zero-order valence-corrected chi connectivity index (χ0v) is 9.08. The maximum absolute atomic E-state index is 11.1. The van der Waals surface area contributed by atoms with Gasteiger partial charge in [0.25, 0.3) is 0 Å². The van der Waals surface area contributed by atoms with E-state index in [9.17, 15) is 4.79 Å². The van der Waals surface area contributed by atoms with Crippen molar-refractivity contribution in [3.05, 3.63) is 28.7 Å². The van der Waals surface area contributed by atoms with E-state index in [1.807, 2.05) is 6.07 Å². The SMILES string of the molecule is NCCNC(=O)Oc1ccccc1Br. The number of nitrogens with one attached hydrogen (secondary N) is 1. The third kappa shape index (κ3) is 3.35. The Bertz CT molecular complexity index is 317. The van der Waals surface area contributed by atoms with Gasteiger partial charge < -0.3 is 15.8 Å². The minimum atomic E-state index is -0.498. The topological polar surface area (TPSA) is 64.3 Å². The van der Waals surface area contributed by atoms with E-state index >= 15 is 0 Å². The summed E-state index contributed by atoms with van der Waals surface area (Å²) in [5.41, 5.74) is 5.22. The van der Waals surface area contributed by atoms with Gasteiger partial charge in [-0.1, -0.05) is 12.1 Å². The molecule has 1 rings (SSSR count). The van der Waals surface area contributed by atoms with Crippen LogP contribution >= 0.6 is 15.9 Å². The summed E-state index contributed by atoms with van der Waals surface area (Å²) >= 11 is 3.26. The Hall–Kier alpha value is -1.07. The van der Waals surface area contributed by atoms with Gasteiger partial charge in [-0.2, -0.15) is 0 Å². The monoisotopic (exact) mass is 258 g/mol. The van der Waals surface area contributed by atoms with E-state index in [1.165, 1.54) is 0 Å². The molecule has 76 valence electrons. The Balaban J connectivity index is 2.52. The molecule has 0 aliphatic rings. The number of carbonyl (C=O) groups is 1. The molecule has 1 aromatic carbocycles. The number of ether oxygens (including phenoxy) is 1. The van der Waals surface area contributed by atoms with Gasteiger partial charge in [-0.15, -0.1) is 0 Å². The van der Waals surface area contributed by atoms with Gasteiger partial charge in [-0.05, 0) is 28.1 Å². The molecule has 0 saturated heterocycles. The fraction of sp³-hybridized carbons (Fsp3) is 0.222. The van der Waals surface area contributed by atoms with Gasteiger partial charge >= 0.3 is 6.09 Å². The Kier molecular flexibility index (Phi) is 4.42. The molecule has 1 amide bonds. The molecule has 0 atom stereocenters. The summed E-state index contributed by atoms with van der Waals surface area (Å²) in [4.78, 5) is 11.1. The molecular weight excluding hydrogens is 248 g/mol. The summed E-state index contributed by atoms with van der Waals surface area (Å²) < 4.78 is 5.73. The first-order valence-electron chi connectivity index (χ1n) is 4.14. The molecule has 0 bridgehead atoms. The maximum Gasteiger partial charge on any atom is 0.412 e. The molecule has 14 heavy (non-hydrogen) atoms. The first-order valence-corrected chi connectivity index (χ1v) is 4.93. The number of hydrogen-bond donors (Lipinski definition) is 2. The Morgan fingerprint density at radius 2 is 2.21 bits per heavy atom. The van der Waals surface area contributed by atoms with Crippen LogP contribution in [0.25, 0.3) is 0 Å². The van der Waals surface area contributed by atoms with Gasteiger partial charge in [0, 0.05) is 13.1 Å². The largest absolute Gasteiger partial charge is 0.412 e. The lowest BCUT2D eigenvalue weighted by Gasteiger charge is -2.06. The summed E-state index contributed by atoms with van der Waals surface area (Å²) in [6.07, 6.45) is -0.498.